The summed E-state index contributed by atoms with van der Waals surface area (Å²) in [4.78, 5) is 15.9. The van der Waals surface area contributed by atoms with Crippen LogP contribution < -0.4 is 0 Å². The summed E-state index contributed by atoms with van der Waals surface area (Å²) >= 11 is 1.79. The Morgan fingerprint density at radius 2 is 0.803 bits per heavy atom. The maximum Gasteiger partial charge on any atom is 0.165 e. The highest BCUT2D eigenvalue weighted by Crippen LogP contribution is 2.41. The first-order chi connectivity index (χ1) is 30.2. The van der Waals surface area contributed by atoms with Gasteiger partial charge in [0.1, 0.15) is 0 Å². The van der Waals surface area contributed by atoms with Gasteiger partial charge in [0.15, 0.2) is 17.5 Å². The molecule has 12 aromatic rings. The van der Waals surface area contributed by atoms with Crippen LogP contribution in [0.2, 0.25) is 0 Å². The van der Waals surface area contributed by atoms with E-state index in [0.29, 0.717) is 17.5 Å². The third-order valence-electron chi connectivity index (χ3n) is 11.9. The first-order valence-corrected chi connectivity index (χ1v) is 21.4. The fourth-order valence-electron chi connectivity index (χ4n) is 8.92. The first-order valence-electron chi connectivity index (χ1n) is 20.6. The molecule has 0 saturated carbocycles. The van der Waals surface area contributed by atoms with Crippen molar-refractivity contribution in [2.75, 3.05) is 0 Å². The van der Waals surface area contributed by atoms with Crippen molar-refractivity contribution in [3.05, 3.63) is 212 Å². The molecule has 12 rings (SSSR count). The lowest BCUT2D eigenvalue weighted by atomic mass is 9.92. The standard InChI is InChI=1S/C57H35N3S/c1-2-12-36(13-3-1)41-30-24-37-25-31-42(35-43(37)34-41)46-32-33-51(48-18-7-6-17-47(46)48)56-58-55(40-28-26-39(27-29-40)45-20-10-15-38-14-4-5-16-44(38)45)59-57(60-56)52-22-11-21-50-49-19-8-9-23-53(49)61-54(50)52/h1-35H. The average molecular weight is 794 g/mol. The molecular formula is C57H35N3S. The van der Waals surface area contributed by atoms with E-state index in [-0.39, 0.29) is 0 Å². The van der Waals surface area contributed by atoms with E-state index in [2.05, 4.69) is 212 Å². The van der Waals surface area contributed by atoms with Gasteiger partial charge in [-0.1, -0.05) is 182 Å². The van der Waals surface area contributed by atoms with Crippen LogP contribution >= 0.6 is 11.3 Å². The van der Waals surface area contributed by atoms with Crippen molar-refractivity contribution in [1.82, 2.24) is 15.0 Å². The summed E-state index contributed by atoms with van der Waals surface area (Å²) in [7, 11) is 0. The zero-order chi connectivity index (χ0) is 40.3. The average Bonchev–Trinajstić information content (AvgIpc) is 3.72. The van der Waals surface area contributed by atoms with E-state index in [1.165, 1.54) is 69.5 Å². The number of rotatable bonds is 6. The van der Waals surface area contributed by atoms with Crippen LogP contribution in [0.4, 0.5) is 0 Å². The molecular weight excluding hydrogens is 759 g/mol. The molecule has 61 heavy (non-hydrogen) atoms. The molecule has 2 heterocycles. The van der Waals surface area contributed by atoms with Crippen molar-refractivity contribution < 1.29 is 0 Å². The monoisotopic (exact) mass is 793 g/mol. The highest BCUT2D eigenvalue weighted by Gasteiger charge is 2.19. The maximum absolute atomic E-state index is 5.34. The topological polar surface area (TPSA) is 38.7 Å². The molecule has 0 atom stereocenters. The Bertz CT molecular complexity index is 3640. The van der Waals surface area contributed by atoms with E-state index in [1.54, 1.807) is 11.3 Å². The summed E-state index contributed by atoms with van der Waals surface area (Å²) in [6.07, 6.45) is 0. The predicted molar refractivity (Wildman–Crippen MR) is 258 cm³/mol. The highest BCUT2D eigenvalue weighted by atomic mass is 32.1. The quantitative estimate of drug-likeness (QED) is 0.168. The maximum atomic E-state index is 5.34. The van der Waals surface area contributed by atoms with Crippen LogP contribution in [-0.2, 0) is 0 Å². The van der Waals surface area contributed by atoms with Crippen molar-refractivity contribution in [3.63, 3.8) is 0 Å². The number of thiophene rings is 1. The van der Waals surface area contributed by atoms with Crippen molar-refractivity contribution in [3.8, 4) is 67.5 Å². The number of fused-ring (bicyclic) bond motifs is 6. The second-order valence-corrected chi connectivity index (χ2v) is 16.6. The first kappa shape index (κ1) is 35.2. The van der Waals surface area contributed by atoms with Gasteiger partial charge in [-0.2, -0.15) is 0 Å². The Labute approximate surface area is 356 Å². The summed E-state index contributed by atoms with van der Waals surface area (Å²) in [5.41, 5.74) is 10.0. The molecule has 4 heteroatoms. The van der Waals surface area contributed by atoms with Gasteiger partial charge in [-0.25, -0.2) is 15.0 Å². The molecule has 284 valence electrons. The Hall–Kier alpha value is -7.79. The third kappa shape index (κ3) is 6.16. The molecule has 0 saturated heterocycles. The lowest BCUT2D eigenvalue weighted by Gasteiger charge is -2.14. The molecule has 0 radical (unpaired) electrons. The molecule has 0 aliphatic carbocycles. The van der Waals surface area contributed by atoms with Crippen LogP contribution in [0.15, 0.2) is 212 Å². The van der Waals surface area contributed by atoms with Crippen molar-refractivity contribution >= 4 is 63.8 Å². The number of hydrogen-bond donors (Lipinski definition) is 0. The van der Waals surface area contributed by atoms with E-state index in [9.17, 15) is 0 Å². The fourth-order valence-corrected chi connectivity index (χ4v) is 10.1. The van der Waals surface area contributed by atoms with Gasteiger partial charge in [0, 0.05) is 36.9 Å². The molecule has 0 unspecified atom stereocenters. The Balaban J connectivity index is 1.02. The van der Waals surface area contributed by atoms with Crippen molar-refractivity contribution in [2.45, 2.75) is 0 Å². The molecule has 0 aliphatic rings. The number of benzene rings is 10. The number of hydrogen-bond acceptors (Lipinski definition) is 4. The second-order valence-electron chi connectivity index (χ2n) is 15.5. The van der Waals surface area contributed by atoms with Crippen LogP contribution in [0.5, 0.6) is 0 Å². The SMILES string of the molecule is c1ccc(-c2ccc3ccc(-c4ccc(-c5nc(-c6ccc(-c7cccc8ccccc78)cc6)nc(-c6cccc7c6sc6ccccc67)n5)c5ccccc45)cc3c2)cc1. The molecule has 0 aliphatic heterocycles. The van der Waals surface area contributed by atoms with Gasteiger partial charge in [-0.15, -0.1) is 11.3 Å². The van der Waals surface area contributed by atoms with Gasteiger partial charge in [0.25, 0.3) is 0 Å². The summed E-state index contributed by atoms with van der Waals surface area (Å²) < 4.78 is 2.42. The van der Waals surface area contributed by atoms with E-state index >= 15 is 0 Å². The van der Waals surface area contributed by atoms with Crippen LogP contribution in [-0.4, -0.2) is 15.0 Å². The zero-order valence-electron chi connectivity index (χ0n) is 33.0. The minimum absolute atomic E-state index is 0.638. The van der Waals surface area contributed by atoms with Crippen LogP contribution in [0.25, 0.3) is 120 Å². The molecule has 2 aromatic heterocycles. The molecule has 0 N–H and O–H groups in total. The lowest BCUT2D eigenvalue weighted by molar-refractivity contribution is 1.08. The molecule has 0 amide bonds. The lowest BCUT2D eigenvalue weighted by Crippen LogP contribution is -2.01. The van der Waals surface area contributed by atoms with Crippen LogP contribution in [0, 0.1) is 0 Å². The summed E-state index contributed by atoms with van der Waals surface area (Å²) in [6.45, 7) is 0. The highest BCUT2D eigenvalue weighted by molar-refractivity contribution is 7.26. The van der Waals surface area contributed by atoms with E-state index in [0.717, 1.165) is 33.0 Å². The van der Waals surface area contributed by atoms with Gasteiger partial charge in [-0.05, 0) is 96.0 Å². The second kappa shape index (κ2) is 14.5. The van der Waals surface area contributed by atoms with Crippen molar-refractivity contribution in [2.24, 2.45) is 0 Å². The van der Waals surface area contributed by atoms with Crippen LogP contribution in [0.3, 0.4) is 0 Å². The summed E-state index contributed by atoms with van der Waals surface area (Å²) in [5.74, 6) is 1.94. The Kier molecular flexibility index (Phi) is 8.36. The molecule has 0 spiro atoms. The van der Waals surface area contributed by atoms with Gasteiger partial charge in [0.05, 0.1) is 0 Å². The van der Waals surface area contributed by atoms with Crippen molar-refractivity contribution in [1.29, 1.82) is 0 Å². The largest absolute Gasteiger partial charge is 0.208 e. The minimum atomic E-state index is 0.638. The van der Waals surface area contributed by atoms with Gasteiger partial charge in [0.2, 0.25) is 0 Å². The molecule has 0 fully saturated rings. The van der Waals surface area contributed by atoms with E-state index in [1.807, 2.05) is 0 Å². The van der Waals surface area contributed by atoms with E-state index in [4.69, 9.17) is 15.0 Å². The van der Waals surface area contributed by atoms with Gasteiger partial charge < -0.3 is 0 Å². The normalized spacial score (nSPS) is 11.6. The smallest absolute Gasteiger partial charge is 0.165 e. The zero-order valence-corrected chi connectivity index (χ0v) is 33.8. The number of aromatic nitrogens is 3. The molecule has 10 aromatic carbocycles. The third-order valence-corrected chi connectivity index (χ3v) is 13.2. The fraction of sp³-hybridized carbons (Fsp3) is 0. The summed E-state index contributed by atoms with van der Waals surface area (Å²) in [6, 6.07) is 75.9. The Morgan fingerprint density at radius 1 is 0.262 bits per heavy atom. The summed E-state index contributed by atoms with van der Waals surface area (Å²) in [5, 5.41) is 9.57. The molecule has 3 nitrogen and oxygen atoms in total. The van der Waals surface area contributed by atoms with Crippen LogP contribution in [0.1, 0.15) is 0 Å². The van der Waals surface area contributed by atoms with Gasteiger partial charge in [-0.3, -0.25) is 0 Å². The molecule has 0 bridgehead atoms. The van der Waals surface area contributed by atoms with Gasteiger partial charge >= 0.3 is 0 Å². The predicted octanol–water partition coefficient (Wildman–Crippen LogP) is 15.7. The van der Waals surface area contributed by atoms with E-state index < -0.39 is 0 Å². The Morgan fingerprint density at radius 3 is 1.64 bits per heavy atom. The minimum Gasteiger partial charge on any atom is -0.208 e. The number of nitrogens with zero attached hydrogens (tertiary/aromatic N) is 3.